The van der Waals surface area contributed by atoms with E-state index in [1.54, 1.807) is 36.4 Å². The molecule has 1 aliphatic rings. The van der Waals surface area contributed by atoms with Crippen molar-refractivity contribution in [1.82, 2.24) is 4.90 Å². The molecule has 0 spiro atoms. The SMILES string of the molecule is CCc1ccc(NS(=O)(=O)c2ccc(F)cc2/C=C/c2ccccc2)c(C(=O)OC)c1OCCN1C(=O)c2ccccc2C1=O. The minimum Gasteiger partial charge on any atom is -0.490 e. The van der Waals surface area contributed by atoms with Crippen molar-refractivity contribution in [2.24, 2.45) is 0 Å². The first-order valence-corrected chi connectivity index (χ1v) is 15.5. The van der Waals surface area contributed by atoms with Gasteiger partial charge in [-0.25, -0.2) is 17.6 Å². The highest BCUT2D eigenvalue weighted by molar-refractivity contribution is 7.92. The number of hydrogen-bond donors (Lipinski definition) is 1. The van der Waals surface area contributed by atoms with Crippen LogP contribution in [0.5, 0.6) is 5.75 Å². The van der Waals surface area contributed by atoms with Gasteiger partial charge in [0.05, 0.1) is 35.4 Å². The lowest BCUT2D eigenvalue weighted by Crippen LogP contribution is -2.33. The van der Waals surface area contributed by atoms with Gasteiger partial charge in [0.2, 0.25) is 0 Å². The van der Waals surface area contributed by atoms with Crippen LogP contribution in [0.1, 0.15) is 54.7 Å². The molecule has 0 saturated heterocycles. The minimum absolute atomic E-state index is 0.0458. The second-order valence-electron chi connectivity index (χ2n) is 10.0. The monoisotopic (exact) mass is 628 g/mol. The number of anilines is 1. The average molecular weight is 629 g/mol. The van der Waals surface area contributed by atoms with Crippen molar-refractivity contribution in [3.8, 4) is 5.75 Å². The Bertz CT molecular complexity index is 1890. The van der Waals surface area contributed by atoms with Crippen LogP contribution in [-0.2, 0) is 21.2 Å². The highest BCUT2D eigenvalue weighted by Crippen LogP contribution is 2.34. The number of nitrogens with one attached hydrogen (secondary N) is 1. The van der Waals surface area contributed by atoms with Gasteiger partial charge < -0.3 is 9.47 Å². The Labute approximate surface area is 260 Å². The van der Waals surface area contributed by atoms with Crippen LogP contribution in [0.15, 0.2) is 89.8 Å². The standard InChI is InChI=1S/C34H29FN2O7S/c1-3-23-15-17-28(36-45(41,42)29-18-16-25(35)21-24(29)14-13-22-9-5-4-6-10-22)30(34(40)43-2)31(23)44-20-19-37-32(38)26-11-7-8-12-27(26)33(37)39/h4-18,21,36H,3,19-20H2,1-2H3/b14-13+. The van der Waals surface area contributed by atoms with E-state index in [0.717, 1.165) is 35.8 Å². The van der Waals surface area contributed by atoms with Gasteiger partial charge in [0.25, 0.3) is 21.8 Å². The minimum atomic E-state index is -4.37. The van der Waals surface area contributed by atoms with Gasteiger partial charge in [-0.2, -0.15) is 0 Å². The maximum atomic E-state index is 14.2. The maximum absolute atomic E-state index is 14.2. The topological polar surface area (TPSA) is 119 Å². The molecule has 45 heavy (non-hydrogen) atoms. The molecule has 1 aliphatic heterocycles. The third-order valence-electron chi connectivity index (χ3n) is 7.21. The lowest BCUT2D eigenvalue weighted by atomic mass is 10.0. The normalized spacial score (nSPS) is 12.8. The number of nitrogens with zero attached hydrogens (tertiary/aromatic N) is 1. The van der Waals surface area contributed by atoms with Crippen molar-refractivity contribution >= 4 is 45.6 Å². The molecule has 230 valence electrons. The zero-order valence-corrected chi connectivity index (χ0v) is 25.3. The van der Waals surface area contributed by atoms with Crippen molar-refractivity contribution in [3.63, 3.8) is 0 Å². The van der Waals surface area contributed by atoms with Gasteiger partial charge >= 0.3 is 5.97 Å². The summed E-state index contributed by atoms with van der Waals surface area (Å²) >= 11 is 0. The van der Waals surface area contributed by atoms with E-state index in [2.05, 4.69) is 4.72 Å². The molecular weight excluding hydrogens is 599 g/mol. The van der Waals surface area contributed by atoms with Crippen LogP contribution in [0.4, 0.5) is 10.1 Å². The van der Waals surface area contributed by atoms with E-state index in [9.17, 15) is 27.2 Å². The summed E-state index contributed by atoms with van der Waals surface area (Å²) in [6, 6.07) is 21.9. The van der Waals surface area contributed by atoms with Gasteiger partial charge in [-0.1, -0.05) is 67.6 Å². The van der Waals surface area contributed by atoms with Crippen molar-refractivity contribution in [3.05, 3.63) is 124 Å². The fourth-order valence-corrected chi connectivity index (χ4v) is 6.24. The third-order valence-corrected chi connectivity index (χ3v) is 8.65. The molecule has 9 nitrogen and oxygen atoms in total. The van der Waals surface area contributed by atoms with Crippen molar-refractivity contribution in [1.29, 1.82) is 0 Å². The lowest BCUT2D eigenvalue weighted by molar-refractivity contribution is 0.0583. The van der Waals surface area contributed by atoms with Crippen LogP contribution < -0.4 is 9.46 Å². The molecule has 0 bridgehead atoms. The zero-order chi connectivity index (χ0) is 32.1. The molecule has 0 aromatic heterocycles. The molecule has 2 amide bonds. The number of fused-ring (bicyclic) bond motifs is 1. The van der Waals surface area contributed by atoms with Crippen molar-refractivity contribution in [2.75, 3.05) is 25.0 Å². The Balaban J connectivity index is 1.45. The summed E-state index contributed by atoms with van der Waals surface area (Å²) in [6.07, 6.45) is 3.55. The zero-order valence-electron chi connectivity index (χ0n) is 24.5. The number of esters is 1. The molecule has 0 unspecified atom stereocenters. The Hall–Kier alpha value is -5.29. The van der Waals surface area contributed by atoms with Crippen LogP contribution in [0.25, 0.3) is 12.2 Å². The molecule has 5 rings (SSSR count). The van der Waals surface area contributed by atoms with E-state index in [4.69, 9.17) is 9.47 Å². The molecule has 11 heteroatoms. The van der Waals surface area contributed by atoms with E-state index < -0.39 is 33.6 Å². The summed E-state index contributed by atoms with van der Waals surface area (Å²) < 4.78 is 55.0. The summed E-state index contributed by atoms with van der Waals surface area (Å²) in [5.74, 6) is -2.37. The van der Waals surface area contributed by atoms with Gasteiger partial charge in [-0.05, 0) is 59.5 Å². The molecule has 0 atom stereocenters. The van der Waals surface area contributed by atoms with Gasteiger partial charge in [-0.3, -0.25) is 19.2 Å². The number of amides is 2. The number of imide groups is 1. The predicted octanol–water partition coefficient (Wildman–Crippen LogP) is 5.82. The first kappa shape index (κ1) is 31.1. The second-order valence-corrected chi connectivity index (χ2v) is 11.7. The first-order valence-electron chi connectivity index (χ1n) is 14.0. The molecule has 4 aromatic rings. The number of hydrogen-bond acceptors (Lipinski definition) is 7. The van der Waals surface area contributed by atoms with Crippen LogP contribution in [0, 0.1) is 5.82 Å². The lowest BCUT2D eigenvalue weighted by Gasteiger charge is -2.20. The van der Waals surface area contributed by atoms with E-state index >= 15 is 0 Å². The highest BCUT2D eigenvalue weighted by atomic mass is 32.2. The molecule has 0 fully saturated rings. The van der Waals surface area contributed by atoms with Gasteiger partial charge in [-0.15, -0.1) is 0 Å². The van der Waals surface area contributed by atoms with Crippen molar-refractivity contribution < 1.29 is 36.7 Å². The summed E-state index contributed by atoms with van der Waals surface area (Å²) in [5, 5.41) is 0. The number of rotatable bonds is 11. The molecule has 0 saturated carbocycles. The predicted molar refractivity (Wildman–Crippen MR) is 167 cm³/mol. The number of benzene rings is 4. The number of sulfonamides is 1. The van der Waals surface area contributed by atoms with Crippen LogP contribution >= 0.6 is 0 Å². The van der Waals surface area contributed by atoms with Crippen LogP contribution in [-0.4, -0.2) is 51.4 Å². The summed E-state index contributed by atoms with van der Waals surface area (Å²) in [6.45, 7) is 1.53. The fourth-order valence-electron chi connectivity index (χ4n) is 4.98. The summed E-state index contributed by atoms with van der Waals surface area (Å²) in [4.78, 5) is 39.5. The number of aryl methyl sites for hydroxylation is 1. The van der Waals surface area contributed by atoms with Crippen LogP contribution in [0.3, 0.4) is 0 Å². The van der Waals surface area contributed by atoms with E-state index in [0.29, 0.717) is 23.1 Å². The number of carbonyl (C=O) groups is 3. The number of carbonyl (C=O) groups excluding carboxylic acids is 3. The van der Waals surface area contributed by atoms with Gasteiger partial charge in [0.15, 0.2) is 0 Å². The maximum Gasteiger partial charge on any atom is 0.343 e. The van der Waals surface area contributed by atoms with E-state index in [1.165, 1.54) is 12.1 Å². The van der Waals surface area contributed by atoms with Gasteiger partial charge in [0.1, 0.15) is 23.7 Å². The van der Waals surface area contributed by atoms with Crippen molar-refractivity contribution in [2.45, 2.75) is 18.2 Å². The van der Waals surface area contributed by atoms with Crippen LogP contribution in [0.2, 0.25) is 0 Å². The molecule has 0 aliphatic carbocycles. The van der Waals surface area contributed by atoms with E-state index in [1.807, 2.05) is 37.3 Å². The number of methoxy groups -OCH3 is 1. The van der Waals surface area contributed by atoms with Gasteiger partial charge in [0, 0.05) is 0 Å². The fraction of sp³-hybridized carbons (Fsp3) is 0.147. The Morgan fingerprint density at radius 1 is 0.911 bits per heavy atom. The Morgan fingerprint density at radius 3 is 2.22 bits per heavy atom. The largest absolute Gasteiger partial charge is 0.490 e. The molecule has 4 aromatic carbocycles. The molecule has 1 N–H and O–H groups in total. The average Bonchev–Trinajstić information content (AvgIpc) is 3.28. The first-order chi connectivity index (χ1) is 21.6. The Morgan fingerprint density at radius 2 is 1.58 bits per heavy atom. The number of ether oxygens (including phenoxy) is 2. The second kappa shape index (κ2) is 13.1. The summed E-state index contributed by atoms with van der Waals surface area (Å²) in [7, 11) is -3.23. The smallest absolute Gasteiger partial charge is 0.343 e. The Kier molecular flexibility index (Phi) is 9.10. The molecular formula is C34H29FN2O7S. The van der Waals surface area contributed by atoms with E-state index in [-0.39, 0.29) is 40.6 Å². The third kappa shape index (κ3) is 6.48. The molecule has 1 heterocycles. The quantitative estimate of drug-likeness (QED) is 0.126. The highest BCUT2D eigenvalue weighted by Gasteiger charge is 2.35. The molecule has 0 radical (unpaired) electrons. The summed E-state index contributed by atoms with van der Waals surface area (Å²) in [5.41, 5.74) is 1.71. The number of halogens is 1.